The van der Waals surface area contributed by atoms with Gasteiger partial charge in [0, 0.05) is 25.7 Å². The number of rotatable bonds is 72. The van der Waals surface area contributed by atoms with Crippen molar-refractivity contribution in [1.29, 1.82) is 0 Å². The van der Waals surface area contributed by atoms with Crippen LogP contribution in [0.5, 0.6) is 0 Å². The molecule has 0 rings (SSSR count). The second-order valence-corrected chi connectivity index (χ2v) is 30.2. The number of aliphatic hydroxyl groups excluding tert-OH is 1. The van der Waals surface area contributed by atoms with Gasteiger partial charge in [0.15, 0.2) is 12.2 Å². The van der Waals surface area contributed by atoms with E-state index in [1.54, 1.807) is 0 Å². The Labute approximate surface area is 562 Å². The maximum absolute atomic E-state index is 13.1. The van der Waals surface area contributed by atoms with Crippen LogP contribution in [0.25, 0.3) is 0 Å². The molecule has 0 aliphatic carbocycles. The highest BCUT2D eigenvalue weighted by Crippen LogP contribution is 2.45. The molecule has 0 radical (unpaired) electrons. The maximum Gasteiger partial charge on any atom is 0.472 e. The van der Waals surface area contributed by atoms with Crippen molar-refractivity contribution in [2.75, 3.05) is 39.6 Å². The fourth-order valence-electron chi connectivity index (χ4n) is 11.1. The van der Waals surface area contributed by atoms with E-state index in [1.165, 1.54) is 193 Å². The summed E-state index contributed by atoms with van der Waals surface area (Å²) in [5.41, 5.74) is 0. The molecule has 2 unspecified atom stereocenters. The van der Waals surface area contributed by atoms with Gasteiger partial charge >= 0.3 is 39.5 Å². The first-order chi connectivity index (χ1) is 44.4. The van der Waals surface area contributed by atoms with Gasteiger partial charge in [-0.3, -0.25) is 37.3 Å². The van der Waals surface area contributed by atoms with Crippen LogP contribution < -0.4 is 0 Å². The van der Waals surface area contributed by atoms with Crippen LogP contribution >= 0.6 is 15.6 Å². The first-order valence-electron chi connectivity index (χ1n) is 38.0. The summed E-state index contributed by atoms with van der Waals surface area (Å²) in [6.07, 6.45) is 51.4. The lowest BCUT2D eigenvalue weighted by Crippen LogP contribution is -2.30. The molecular weight excluding hydrogens is 1210 g/mol. The zero-order valence-electron chi connectivity index (χ0n) is 59.9. The zero-order valence-corrected chi connectivity index (χ0v) is 61.6. The van der Waals surface area contributed by atoms with E-state index in [1.807, 2.05) is 0 Å². The van der Waals surface area contributed by atoms with E-state index in [0.717, 1.165) is 102 Å². The summed E-state index contributed by atoms with van der Waals surface area (Å²) in [5, 5.41) is 10.6. The van der Waals surface area contributed by atoms with Crippen LogP contribution in [0.3, 0.4) is 0 Å². The Morgan fingerprint density at radius 3 is 0.739 bits per heavy atom. The van der Waals surface area contributed by atoms with E-state index >= 15 is 0 Å². The third-order valence-corrected chi connectivity index (χ3v) is 18.9. The van der Waals surface area contributed by atoms with E-state index in [-0.39, 0.29) is 25.7 Å². The first-order valence-corrected chi connectivity index (χ1v) is 41.0. The fraction of sp³-hybridized carbons (Fsp3) is 0.945. The molecule has 0 saturated heterocycles. The van der Waals surface area contributed by atoms with Gasteiger partial charge in [-0.05, 0) is 37.5 Å². The van der Waals surface area contributed by atoms with Crippen molar-refractivity contribution in [1.82, 2.24) is 0 Å². The number of carbonyl (C=O) groups is 4. The standard InChI is InChI=1S/C73H142O17P2/c1-7-9-11-13-15-17-19-21-22-23-24-26-28-30-39-45-51-57-72(77)89-68(61-83-70(75)55-49-43-37-29-27-25-20-18-16-14-12-10-8-2)63-87-91(79,80)85-59-67(74)60-86-92(81,82)88-64-69(90-73(78)58-52-46-40-34-32-36-42-48-54-66(5)6)62-84-71(76)56-50-44-38-33-31-35-41-47-53-65(3)4/h65-69,74H,7-64H2,1-6H3,(H,79,80)(H,81,82)/t67-,68-,69-/m1/s1. The Morgan fingerprint density at radius 1 is 0.293 bits per heavy atom. The lowest BCUT2D eigenvalue weighted by Gasteiger charge is -2.21. The zero-order chi connectivity index (χ0) is 67.9. The number of carbonyl (C=O) groups excluding carboxylic acids is 4. The lowest BCUT2D eigenvalue weighted by atomic mass is 10.0. The van der Waals surface area contributed by atoms with Crippen molar-refractivity contribution in [3.63, 3.8) is 0 Å². The van der Waals surface area contributed by atoms with Gasteiger partial charge in [-0.1, -0.05) is 324 Å². The van der Waals surface area contributed by atoms with Gasteiger partial charge in [0.1, 0.15) is 19.3 Å². The molecule has 17 nitrogen and oxygen atoms in total. The van der Waals surface area contributed by atoms with E-state index in [0.29, 0.717) is 25.7 Å². The van der Waals surface area contributed by atoms with Crippen molar-refractivity contribution in [3.8, 4) is 0 Å². The minimum atomic E-state index is -4.95. The third kappa shape index (κ3) is 66.7. The van der Waals surface area contributed by atoms with Crippen LogP contribution in [0, 0.1) is 11.8 Å². The first kappa shape index (κ1) is 90.1. The number of hydrogen-bond donors (Lipinski definition) is 3. The van der Waals surface area contributed by atoms with Gasteiger partial charge in [0.2, 0.25) is 0 Å². The molecule has 5 atom stereocenters. The number of phosphoric acid groups is 2. The maximum atomic E-state index is 13.1. The predicted molar refractivity (Wildman–Crippen MR) is 372 cm³/mol. The molecule has 0 heterocycles. The van der Waals surface area contributed by atoms with Gasteiger partial charge in [-0.2, -0.15) is 0 Å². The smallest absolute Gasteiger partial charge is 0.462 e. The molecule has 19 heteroatoms. The van der Waals surface area contributed by atoms with Crippen molar-refractivity contribution in [3.05, 3.63) is 0 Å². The van der Waals surface area contributed by atoms with Crippen molar-refractivity contribution < 1.29 is 80.2 Å². The second kappa shape index (κ2) is 65.0. The van der Waals surface area contributed by atoms with Crippen LogP contribution in [-0.4, -0.2) is 96.7 Å². The molecule has 0 aromatic carbocycles. The molecule has 0 aromatic rings. The molecule has 0 aliphatic heterocycles. The predicted octanol–water partition coefficient (Wildman–Crippen LogP) is 21.2. The Bertz CT molecular complexity index is 1790. The van der Waals surface area contributed by atoms with E-state index in [2.05, 4.69) is 41.5 Å². The van der Waals surface area contributed by atoms with Crippen LogP contribution in [0.2, 0.25) is 0 Å². The third-order valence-electron chi connectivity index (χ3n) is 17.0. The summed E-state index contributed by atoms with van der Waals surface area (Å²) in [7, 11) is -9.91. The average molecular weight is 1350 g/mol. The fourth-order valence-corrected chi connectivity index (χ4v) is 12.7. The average Bonchev–Trinajstić information content (AvgIpc) is 1.56. The van der Waals surface area contributed by atoms with Gasteiger partial charge in [-0.25, -0.2) is 9.13 Å². The number of unbranched alkanes of at least 4 members (excludes halogenated alkanes) is 42. The van der Waals surface area contributed by atoms with Gasteiger partial charge in [0.05, 0.1) is 26.4 Å². The lowest BCUT2D eigenvalue weighted by molar-refractivity contribution is -0.161. The number of esters is 4. The summed E-state index contributed by atoms with van der Waals surface area (Å²) >= 11 is 0. The van der Waals surface area contributed by atoms with E-state index < -0.39 is 97.5 Å². The normalized spacial score (nSPS) is 14.1. The summed E-state index contributed by atoms with van der Waals surface area (Å²) in [4.78, 5) is 72.7. The molecule has 0 saturated carbocycles. The molecule has 0 bridgehead atoms. The Kier molecular flexibility index (Phi) is 63.7. The van der Waals surface area contributed by atoms with Gasteiger partial charge < -0.3 is 33.8 Å². The summed E-state index contributed by atoms with van der Waals surface area (Å²) in [6.45, 7) is 9.50. The Balaban J connectivity index is 5.24. The number of ether oxygens (including phenoxy) is 4. The number of phosphoric ester groups is 2. The highest BCUT2D eigenvalue weighted by Gasteiger charge is 2.30. The Hall–Kier alpha value is -1.94. The monoisotopic (exact) mass is 1350 g/mol. The molecule has 92 heavy (non-hydrogen) atoms. The van der Waals surface area contributed by atoms with Crippen molar-refractivity contribution in [2.45, 2.75) is 394 Å². The second-order valence-electron chi connectivity index (χ2n) is 27.3. The van der Waals surface area contributed by atoms with Crippen LogP contribution in [0.4, 0.5) is 0 Å². The van der Waals surface area contributed by atoms with Crippen LogP contribution in [0.15, 0.2) is 0 Å². The van der Waals surface area contributed by atoms with Gasteiger partial charge in [-0.15, -0.1) is 0 Å². The van der Waals surface area contributed by atoms with Crippen molar-refractivity contribution in [2.24, 2.45) is 11.8 Å². The topological polar surface area (TPSA) is 237 Å². The molecule has 0 amide bonds. The minimum Gasteiger partial charge on any atom is -0.462 e. The highest BCUT2D eigenvalue weighted by molar-refractivity contribution is 7.47. The Morgan fingerprint density at radius 2 is 0.500 bits per heavy atom. The van der Waals surface area contributed by atoms with Crippen molar-refractivity contribution >= 4 is 39.5 Å². The summed E-state index contributed by atoms with van der Waals surface area (Å²) < 4.78 is 68.4. The largest absolute Gasteiger partial charge is 0.472 e. The number of aliphatic hydroxyl groups is 1. The van der Waals surface area contributed by atoms with E-state index in [4.69, 9.17) is 37.0 Å². The van der Waals surface area contributed by atoms with Crippen LogP contribution in [-0.2, 0) is 65.4 Å². The highest BCUT2D eigenvalue weighted by atomic mass is 31.2. The molecule has 0 fully saturated rings. The van der Waals surface area contributed by atoms with Gasteiger partial charge in [0.25, 0.3) is 0 Å². The molecule has 0 aromatic heterocycles. The van der Waals surface area contributed by atoms with E-state index in [9.17, 15) is 43.2 Å². The summed E-state index contributed by atoms with van der Waals surface area (Å²) in [6, 6.07) is 0. The molecule has 3 N–H and O–H groups in total. The molecule has 0 aliphatic rings. The minimum absolute atomic E-state index is 0.104. The van der Waals surface area contributed by atoms with Crippen LogP contribution in [0.1, 0.15) is 375 Å². The molecule has 546 valence electrons. The quantitative estimate of drug-likeness (QED) is 0.0222. The summed E-state index contributed by atoms with van der Waals surface area (Å²) in [5.74, 6) is -0.676. The SMILES string of the molecule is CCCCCCCCCCCCCCCCCCCC(=O)O[C@H](COC(=O)CCCCCCCCCCCCCCC)COP(=O)(O)OC[C@@H](O)COP(=O)(O)OC[C@@H](COC(=O)CCCCCCCCCCC(C)C)OC(=O)CCCCCCCCCCC(C)C. The molecule has 0 spiro atoms. The molecular formula is C73H142O17P2. The number of hydrogen-bond acceptors (Lipinski definition) is 15.